The lowest BCUT2D eigenvalue weighted by atomic mass is 10.2. The zero-order chi connectivity index (χ0) is 10.4. The molecule has 1 saturated heterocycles. The van der Waals surface area contributed by atoms with Crippen molar-refractivity contribution >= 4 is 5.91 Å². The van der Waals surface area contributed by atoms with Gasteiger partial charge in [-0.1, -0.05) is 0 Å². The van der Waals surface area contributed by atoms with Crippen LogP contribution in [0.25, 0.3) is 0 Å². The summed E-state index contributed by atoms with van der Waals surface area (Å²) in [6, 6.07) is -0.0679. The lowest BCUT2D eigenvalue weighted by Crippen LogP contribution is -2.45. The van der Waals surface area contributed by atoms with Crippen LogP contribution in [0, 0.1) is 0 Å². The van der Waals surface area contributed by atoms with Crippen LogP contribution in [-0.2, 0) is 9.53 Å². The fourth-order valence-electron chi connectivity index (χ4n) is 1.35. The summed E-state index contributed by atoms with van der Waals surface area (Å²) in [5, 5.41) is 14.6. The molecular weight excluding hydrogens is 184 g/mol. The van der Waals surface area contributed by atoms with Crippen molar-refractivity contribution in [1.29, 1.82) is 0 Å². The summed E-state index contributed by atoms with van der Waals surface area (Å²) in [6.45, 7) is 3.84. The van der Waals surface area contributed by atoms with Crippen LogP contribution in [0.2, 0.25) is 0 Å². The van der Waals surface area contributed by atoms with E-state index in [0.29, 0.717) is 19.6 Å². The van der Waals surface area contributed by atoms with Crippen LogP contribution < -0.4 is 10.6 Å². The standard InChI is InChI=1S/C9H18N2O3/c1-7(5-12)11-9(13)4-8-6-14-3-2-10-8/h7-8,10,12H,2-6H2,1H3,(H,11,13). The number of morpholine rings is 1. The third-order valence-corrected chi connectivity index (χ3v) is 2.11. The molecule has 0 spiro atoms. The highest BCUT2D eigenvalue weighted by Crippen LogP contribution is 1.98. The summed E-state index contributed by atoms with van der Waals surface area (Å²) in [6.07, 6.45) is 0.407. The Morgan fingerprint density at radius 2 is 2.57 bits per heavy atom. The number of aliphatic hydroxyl groups excluding tert-OH is 1. The van der Waals surface area contributed by atoms with E-state index in [9.17, 15) is 4.79 Å². The van der Waals surface area contributed by atoms with Crippen molar-refractivity contribution in [3.8, 4) is 0 Å². The average molecular weight is 202 g/mol. The molecule has 82 valence electrons. The largest absolute Gasteiger partial charge is 0.394 e. The molecule has 0 aliphatic carbocycles. The predicted octanol–water partition coefficient (Wildman–Crippen LogP) is -1.14. The monoisotopic (exact) mass is 202 g/mol. The van der Waals surface area contributed by atoms with Gasteiger partial charge in [0.1, 0.15) is 0 Å². The smallest absolute Gasteiger partial charge is 0.221 e. The van der Waals surface area contributed by atoms with Crippen LogP contribution >= 0.6 is 0 Å². The van der Waals surface area contributed by atoms with Crippen LogP contribution in [0.3, 0.4) is 0 Å². The number of carbonyl (C=O) groups is 1. The number of carbonyl (C=O) groups excluding carboxylic acids is 1. The zero-order valence-corrected chi connectivity index (χ0v) is 8.45. The van der Waals surface area contributed by atoms with E-state index >= 15 is 0 Å². The summed E-state index contributed by atoms with van der Waals surface area (Å²) in [7, 11) is 0. The van der Waals surface area contributed by atoms with Crippen molar-refractivity contribution in [1.82, 2.24) is 10.6 Å². The topological polar surface area (TPSA) is 70.6 Å². The molecule has 5 heteroatoms. The Balaban J connectivity index is 2.18. The van der Waals surface area contributed by atoms with Crippen molar-refractivity contribution in [2.75, 3.05) is 26.4 Å². The van der Waals surface area contributed by atoms with E-state index in [1.807, 2.05) is 0 Å². The molecule has 2 unspecified atom stereocenters. The van der Waals surface area contributed by atoms with Crippen LogP contribution in [0.15, 0.2) is 0 Å². The first-order chi connectivity index (χ1) is 6.72. The summed E-state index contributed by atoms with van der Waals surface area (Å²) in [5.41, 5.74) is 0. The maximum absolute atomic E-state index is 11.4. The number of hydrogen-bond donors (Lipinski definition) is 3. The Labute approximate surface area is 83.8 Å². The molecule has 1 rings (SSSR count). The number of amides is 1. The van der Waals surface area contributed by atoms with E-state index in [0.717, 1.165) is 6.54 Å². The normalized spacial score (nSPS) is 24.3. The van der Waals surface area contributed by atoms with Crippen LogP contribution in [0.4, 0.5) is 0 Å². The molecule has 5 nitrogen and oxygen atoms in total. The fraction of sp³-hybridized carbons (Fsp3) is 0.889. The average Bonchev–Trinajstić information content (AvgIpc) is 2.19. The molecular formula is C9H18N2O3. The number of nitrogens with one attached hydrogen (secondary N) is 2. The van der Waals surface area contributed by atoms with E-state index in [1.165, 1.54) is 0 Å². The lowest BCUT2D eigenvalue weighted by molar-refractivity contribution is -0.123. The van der Waals surface area contributed by atoms with Gasteiger partial charge in [0.15, 0.2) is 0 Å². The van der Waals surface area contributed by atoms with Gasteiger partial charge >= 0.3 is 0 Å². The Morgan fingerprint density at radius 1 is 1.79 bits per heavy atom. The van der Waals surface area contributed by atoms with E-state index in [4.69, 9.17) is 9.84 Å². The van der Waals surface area contributed by atoms with E-state index in [-0.39, 0.29) is 24.6 Å². The van der Waals surface area contributed by atoms with Gasteiger partial charge in [-0.25, -0.2) is 0 Å². The molecule has 0 aromatic rings. The minimum absolute atomic E-state index is 0.0274. The van der Waals surface area contributed by atoms with Gasteiger partial charge in [0.05, 0.1) is 19.8 Å². The van der Waals surface area contributed by atoms with Crippen molar-refractivity contribution in [2.45, 2.75) is 25.4 Å². The first-order valence-corrected chi connectivity index (χ1v) is 4.93. The quantitative estimate of drug-likeness (QED) is 0.539. The van der Waals surface area contributed by atoms with Crippen LogP contribution in [-0.4, -0.2) is 49.5 Å². The van der Waals surface area contributed by atoms with Gasteiger partial charge in [0.2, 0.25) is 5.91 Å². The molecule has 1 fully saturated rings. The number of hydrogen-bond acceptors (Lipinski definition) is 4. The van der Waals surface area contributed by atoms with Gasteiger partial charge in [-0.15, -0.1) is 0 Å². The zero-order valence-electron chi connectivity index (χ0n) is 8.45. The Kier molecular flexibility index (Phi) is 4.86. The molecule has 0 radical (unpaired) electrons. The maximum atomic E-state index is 11.4. The summed E-state index contributed by atoms with van der Waals surface area (Å²) in [5.74, 6) is -0.0467. The molecule has 1 amide bonds. The number of ether oxygens (including phenoxy) is 1. The molecule has 14 heavy (non-hydrogen) atoms. The number of aliphatic hydroxyl groups is 1. The molecule has 0 aromatic carbocycles. The maximum Gasteiger partial charge on any atom is 0.221 e. The molecule has 2 atom stereocenters. The Bertz CT molecular complexity index is 181. The Morgan fingerprint density at radius 3 is 3.14 bits per heavy atom. The van der Waals surface area contributed by atoms with Crippen molar-refractivity contribution in [3.05, 3.63) is 0 Å². The molecule has 0 saturated carbocycles. The first-order valence-electron chi connectivity index (χ1n) is 4.93. The highest BCUT2D eigenvalue weighted by atomic mass is 16.5. The second-order valence-electron chi connectivity index (χ2n) is 3.58. The fourth-order valence-corrected chi connectivity index (χ4v) is 1.35. The van der Waals surface area contributed by atoms with Gasteiger partial charge in [0, 0.05) is 25.0 Å². The molecule has 1 aliphatic heterocycles. The van der Waals surface area contributed by atoms with Crippen molar-refractivity contribution in [3.63, 3.8) is 0 Å². The summed E-state index contributed by atoms with van der Waals surface area (Å²) < 4.78 is 5.22. The highest BCUT2D eigenvalue weighted by Gasteiger charge is 2.17. The second-order valence-corrected chi connectivity index (χ2v) is 3.58. The molecule has 1 heterocycles. The molecule has 0 bridgehead atoms. The van der Waals surface area contributed by atoms with E-state index in [1.54, 1.807) is 6.92 Å². The summed E-state index contributed by atoms with van der Waals surface area (Å²) >= 11 is 0. The highest BCUT2D eigenvalue weighted by molar-refractivity contribution is 5.76. The number of rotatable bonds is 4. The van der Waals surface area contributed by atoms with Gasteiger partial charge < -0.3 is 20.5 Å². The van der Waals surface area contributed by atoms with Gasteiger partial charge in [-0.3, -0.25) is 4.79 Å². The first kappa shape index (κ1) is 11.4. The molecule has 0 aromatic heterocycles. The van der Waals surface area contributed by atoms with Gasteiger partial charge in [-0.05, 0) is 6.92 Å². The third-order valence-electron chi connectivity index (χ3n) is 2.11. The second kappa shape index (κ2) is 5.95. The van der Waals surface area contributed by atoms with E-state index in [2.05, 4.69) is 10.6 Å². The van der Waals surface area contributed by atoms with Crippen molar-refractivity contribution < 1.29 is 14.6 Å². The minimum Gasteiger partial charge on any atom is -0.394 e. The van der Waals surface area contributed by atoms with Gasteiger partial charge in [-0.2, -0.15) is 0 Å². The molecule has 3 N–H and O–H groups in total. The van der Waals surface area contributed by atoms with Gasteiger partial charge in [0.25, 0.3) is 0 Å². The SMILES string of the molecule is CC(CO)NC(=O)CC1COCCN1. The lowest BCUT2D eigenvalue weighted by Gasteiger charge is -2.23. The third kappa shape index (κ3) is 4.04. The van der Waals surface area contributed by atoms with Crippen LogP contribution in [0.5, 0.6) is 0 Å². The summed E-state index contributed by atoms with van der Waals surface area (Å²) in [4.78, 5) is 11.4. The van der Waals surface area contributed by atoms with Crippen LogP contribution in [0.1, 0.15) is 13.3 Å². The molecule has 1 aliphatic rings. The Hall–Kier alpha value is -0.650. The van der Waals surface area contributed by atoms with E-state index < -0.39 is 0 Å². The minimum atomic E-state index is -0.174. The van der Waals surface area contributed by atoms with Crippen molar-refractivity contribution in [2.24, 2.45) is 0 Å². The predicted molar refractivity (Wildman–Crippen MR) is 51.9 cm³/mol.